The molecule has 0 saturated carbocycles. The van der Waals surface area contributed by atoms with Crippen LogP contribution in [0.15, 0.2) is 35.7 Å². The average Bonchev–Trinajstić information content (AvgIpc) is 3.29. The smallest absolute Gasteiger partial charge is 0.410 e. The zero-order valence-electron chi connectivity index (χ0n) is 19.8. The van der Waals surface area contributed by atoms with Crippen molar-refractivity contribution in [2.45, 2.75) is 51.7 Å². The third-order valence-electron chi connectivity index (χ3n) is 6.15. The molecular formula is C25H34N4O3S. The number of piperidine rings is 1. The van der Waals surface area contributed by atoms with E-state index in [0.717, 1.165) is 50.6 Å². The number of amides is 2. The maximum absolute atomic E-state index is 13.0. The highest BCUT2D eigenvalue weighted by Crippen LogP contribution is 2.31. The molecule has 0 aliphatic carbocycles. The zero-order chi connectivity index (χ0) is 23.4. The largest absolute Gasteiger partial charge is 0.444 e. The van der Waals surface area contributed by atoms with Crippen molar-refractivity contribution in [3.63, 3.8) is 0 Å². The predicted molar refractivity (Wildman–Crippen MR) is 130 cm³/mol. The van der Waals surface area contributed by atoms with Gasteiger partial charge >= 0.3 is 6.09 Å². The van der Waals surface area contributed by atoms with Crippen LogP contribution in [0, 0.1) is 0 Å². The molecule has 0 radical (unpaired) electrons. The van der Waals surface area contributed by atoms with Crippen molar-refractivity contribution >= 4 is 23.3 Å². The molecule has 0 N–H and O–H groups in total. The molecule has 178 valence electrons. The summed E-state index contributed by atoms with van der Waals surface area (Å²) in [5.74, 6) is 0.320. The average molecular weight is 471 g/mol. The minimum absolute atomic E-state index is 0.0306. The zero-order valence-corrected chi connectivity index (χ0v) is 20.6. The van der Waals surface area contributed by atoms with Crippen LogP contribution in [0.3, 0.4) is 0 Å². The quantitative estimate of drug-likeness (QED) is 0.670. The summed E-state index contributed by atoms with van der Waals surface area (Å²) < 4.78 is 5.48. The Kier molecular flexibility index (Phi) is 7.34. The SMILES string of the molecule is CC(C)(C)OC(=O)N1CCC(c2nc(C(=O)N3CCN(Cc4ccccc4)CC3)cs2)CC1. The van der Waals surface area contributed by atoms with Crippen molar-refractivity contribution in [1.82, 2.24) is 19.7 Å². The molecule has 0 atom stereocenters. The Hall–Kier alpha value is -2.45. The highest BCUT2D eigenvalue weighted by atomic mass is 32.1. The Morgan fingerprint density at radius 1 is 1.00 bits per heavy atom. The van der Waals surface area contributed by atoms with Crippen LogP contribution in [0.1, 0.15) is 60.6 Å². The lowest BCUT2D eigenvalue weighted by molar-refractivity contribution is 0.0204. The number of rotatable bonds is 4. The predicted octanol–water partition coefficient (Wildman–Crippen LogP) is 4.22. The molecule has 2 saturated heterocycles. The number of hydrogen-bond donors (Lipinski definition) is 0. The van der Waals surface area contributed by atoms with Crippen LogP contribution in [0.4, 0.5) is 4.79 Å². The third-order valence-corrected chi connectivity index (χ3v) is 7.15. The van der Waals surface area contributed by atoms with Crippen LogP contribution in [-0.2, 0) is 11.3 Å². The van der Waals surface area contributed by atoms with Gasteiger partial charge in [0.15, 0.2) is 0 Å². The van der Waals surface area contributed by atoms with Crippen LogP contribution < -0.4 is 0 Å². The van der Waals surface area contributed by atoms with E-state index in [4.69, 9.17) is 9.72 Å². The van der Waals surface area contributed by atoms with Crippen molar-refractivity contribution in [3.8, 4) is 0 Å². The second kappa shape index (κ2) is 10.2. The summed E-state index contributed by atoms with van der Waals surface area (Å²) in [4.78, 5) is 36.1. The molecule has 2 amide bonds. The van der Waals surface area contributed by atoms with E-state index in [1.807, 2.05) is 37.1 Å². The van der Waals surface area contributed by atoms with Crippen molar-refractivity contribution in [3.05, 3.63) is 52.0 Å². The summed E-state index contributed by atoms with van der Waals surface area (Å²) in [5.41, 5.74) is 1.38. The molecule has 8 heteroatoms. The number of thiazole rings is 1. The first-order valence-electron chi connectivity index (χ1n) is 11.8. The molecule has 33 heavy (non-hydrogen) atoms. The summed E-state index contributed by atoms with van der Waals surface area (Å²) in [6.45, 7) is 11.1. The molecule has 1 aromatic carbocycles. The van der Waals surface area contributed by atoms with E-state index in [0.29, 0.717) is 18.8 Å². The normalized spacial score (nSPS) is 18.4. The van der Waals surface area contributed by atoms with Gasteiger partial charge in [-0.05, 0) is 39.2 Å². The Morgan fingerprint density at radius 3 is 2.30 bits per heavy atom. The van der Waals surface area contributed by atoms with Gasteiger partial charge in [0.2, 0.25) is 0 Å². The highest BCUT2D eigenvalue weighted by Gasteiger charge is 2.30. The van der Waals surface area contributed by atoms with Gasteiger partial charge in [0.1, 0.15) is 11.3 Å². The number of likely N-dealkylation sites (tertiary alicyclic amines) is 1. The van der Waals surface area contributed by atoms with Crippen molar-refractivity contribution in [2.75, 3.05) is 39.3 Å². The fraction of sp³-hybridized carbons (Fsp3) is 0.560. The number of aromatic nitrogens is 1. The first-order chi connectivity index (χ1) is 15.8. The number of ether oxygens (including phenoxy) is 1. The molecule has 3 heterocycles. The molecule has 0 bridgehead atoms. The van der Waals surface area contributed by atoms with Crippen LogP contribution in [0.25, 0.3) is 0 Å². The van der Waals surface area contributed by atoms with Crippen molar-refractivity contribution in [1.29, 1.82) is 0 Å². The molecule has 2 aliphatic rings. The van der Waals surface area contributed by atoms with Crippen molar-refractivity contribution < 1.29 is 14.3 Å². The van der Waals surface area contributed by atoms with E-state index in [-0.39, 0.29) is 17.9 Å². The lowest BCUT2D eigenvalue weighted by Gasteiger charge is -2.34. The van der Waals surface area contributed by atoms with Crippen LogP contribution >= 0.6 is 11.3 Å². The van der Waals surface area contributed by atoms with Gasteiger partial charge in [-0.3, -0.25) is 9.69 Å². The summed E-state index contributed by atoms with van der Waals surface area (Å²) >= 11 is 1.57. The van der Waals surface area contributed by atoms with E-state index >= 15 is 0 Å². The number of carbonyl (C=O) groups is 2. The maximum atomic E-state index is 13.0. The Balaban J connectivity index is 1.26. The molecule has 2 fully saturated rings. The number of piperazine rings is 1. The van der Waals surface area contributed by atoms with Crippen LogP contribution in [-0.4, -0.2) is 76.6 Å². The number of carbonyl (C=O) groups excluding carboxylic acids is 2. The lowest BCUT2D eigenvalue weighted by Crippen LogP contribution is -2.48. The molecule has 0 spiro atoms. The fourth-order valence-electron chi connectivity index (χ4n) is 4.32. The van der Waals surface area contributed by atoms with Gasteiger partial charge in [0.25, 0.3) is 5.91 Å². The maximum Gasteiger partial charge on any atom is 0.410 e. The van der Waals surface area contributed by atoms with Gasteiger partial charge in [-0.25, -0.2) is 9.78 Å². The summed E-state index contributed by atoms with van der Waals surface area (Å²) in [7, 11) is 0. The van der Waals surface area contributed by atoms with Crippen LogP contribution in [0.5, 0.6) is 0 Å². The highest BCUT2D eigenvalue weighted by molar-refractivity contribution is 7.09. The number of hydrogen-bond acceptors (Lipinski definition) is 6. The fourth-order valence-corrected chi connectivity index (χ4v) is 5.29. The Labute approximate surface area is 200 Å². The number of benzene rings is 1. The standard InChI is InChI=1S/C25H34N4O3S/c1-25(2,3)32-24(31)29-11-9-20(10-12-29)22-26-21(18-33-22)23(30)28-15-13-27(14-16-28)17-19-7-5-4-6-8-19/h4-8,18,20H,9-17H2,1-3H3. The minimum Gasteiger partial charge on any atom is -0.444 e. The van der Waals surface area contributed by atoms with E-state index in [2.05, 4.69) is 29.2 Å². The third kappa shape index (κ3) is 6.32. The van der Waals surface area contributed by atoms with Gasteiger partial charge in [-0.2, -0.15) is 0 Å². The second-order valence-corrected chi connectivity index (χ2v) is 10.8. The van der Waals surface area contributed by atoms with Crippen LogP contribution in [0.2, 0.25) is 0 Å². The molecule has 0 unspecified atom stereocenters. The Bertz CT molecular complexity index is 940. The molecular weight excluding hydrogens is 436 g/mol. The lowest BCUT2D eigenvalue weighted by atomic mass is 9.98. The van der Waals surface area contributed by atoms with Gasteiger partial charge in [-0.1, -0.05) is 30.3 Å². The van der Waals surface area contributed by atoms with E-state index in [1.54, 1.807) is 16.2 Å². The second-order valence-electron chi connectivity index (χ2n) is 9.87. The Morgan fingerprint density at radius 2 is 1.67 bits per heavy atom. The minimum atomic E-state index is -0.481. The van der Waals surface area contributed by atoms with E-state index < -0.39 is 5.60 Å². The molecule has 2 aliphatic heterocycles. The molecule has 2 aromatic rings. The summed E-state index contributed by atoms with van der Waals surface area (Å²) in [6, 6.07) is 10.5. The molecule has 7 nitrogen and oxygen atoms in total. The van der Waals surface area contributed by atoms with Crippen molar-refractivity contribution in [2.24, 2.45) is 0 Å². The van der Waals surface area contributed by atoms with Gasteiger partial charge in [0.05, 0.1) is 5.01 Å². The van der Waals surface area contributed by atoms with Gasteiger partial charge < -0.3 is 14.5 Å². The van der Waals surface area contributed by atoms with Gasteiger partial charge in [0, 0.05) is 57.1 Å². The first kappa shape index (κ1) is 23.7. The molecule has 1 aromatic heterocycles. The first-order valence-corrected chi connectivity index (χ1v) is 12.7. The van der Waals surface area contributed by atoms with E-state index in [9.17, 15) is 9.59 Å². The van der Waals surface area contributed by atoms with E-state index in [1.165, 1.54) is 5.56 Å². The number of nitrogens with zero attached hydrogens (tertiary/aromatic N) is 4. The molecule has 4 rings (SSSR count). The van der Waals surface area contributed by atoms with Gasteiger partial charge in [-0.15, -0.1) is 11.3 Å². The summed E-state index contributed by atoms with van der Waals surface area (Å²) in [6.07, 6.45) is 1.44. The topological polar surface area (TPSA) is 66.0 Å². The monoisotopic (exact) mass is 470 g/mol. The summed E-state index contributed by atoms with van der Waals surface area (Å²) in [5, 5.41) is 2.90.